The zero-order valence-corrected chi connectivity index (χ0v) is 18.3. The van der Waals surface area contributed by atoms with Crippen LogP contribution in [0.3, 0.4) is 0 Å². The Morgan fingerprint density at radius 1 is 1.13 bits per heavy atom. The van der Waals surface area contributed by atoms with Crippen molar-refractivity contribution in [3.63, 3.8) is 0 Å². The lowest BCUT2D eigenvalue weighted by Gasteiger charge is -2.27. The summed E-state index contributed by atoms with van der Waals surface area (Å²) in [5.74, 6) is 1.48. The number of nitrogens with one attached hydrogen (secondary N) is 2. The van der Waals surface area contributed by atoms with Crippen LogP contribution in [0, 0.1) is 5.92 Å². The van der Waals surface area contributed by atoms with E-state index in [1.807, 2.05) is 48.5 Å². The highest BCUT2D eigenvalue weighted by atomic mass is 35.5. The van der Waals surface area contributed by atoms with E-state index in [-0.39, 0.29) is 12.1 Å². The maximum absolute atomic E-state index is 12.9. The topological polar surface area (TPSA) is 50.4 Å². The molecule has 1 aliphatic carbocycles. The lowest BCUT2D eigenvalue weighted by molar-refractivity contribution is 0.0935. The average Bonchev–Trinajstić information content (AvgIpc) is 3.11. The van der Waals surface area contributed by atoms with E-state index >= 15 is 0 Å². The van der Waals surface area contributed by atoms with Gasteiger partial charge in [0, 0.05) is 15.5 Å². The lowest BCUT2D eigenvalue weighted by atomic mass is 9.88. The van der Waals surface area contributed by atoms with E-state index < -0.39 is 0 Å². The Morgan fingerprint density at radius 2 is 1.93 bits per heavy atom. The van der Waals surface area contributed by atoms with E-state index in [4.69, 9.17) is 16.3 Å². The van der Waals surface area contributed by atoms with Crippen molar-refractivity contribution in [1.29, 1.82) is 0 Å². The molecule has 0 saturated heterocycles. The average molecular weight is 439 g/mol. The number of benzene rings is 2. The van der Waals surface area contributed by atoms with Crippen LogP contribution in [0.2, 0.25) is 5.02 Å². The summed E-state index contributed by atoms with van der Waals surface area (Å²) in [6.45, 7) is 2.70. The number of fused-ring (bicyclic) bond motifs is 3. The SMILES string of the molecule is CC1CCc2c(sc3c2C(=O)NC(c2ccc(OCc4ccccc4Cl)cc2)N3)C1. The summed E-state index contributed by atoms with van der Waals surface area (Å²) in [5, 5.41) is 8.35. The highest BCUT2D eigenvalue weighted by Crippen LogP contribution is 2.42. The summed E-state index contributed by atoms with van der Waals surface area (Å²) in [6, 6.07) is 15.5. The molecule has 5 rings (SSSR count). The van der Waals surface area contributed by atoms with Crippen molar-refractivity contribution in [1.82, 2.24) is 5.32 Å². The minimum absolute atomic E-state index is 0.0276. The second kappa shape index (κ2) is 7.97. The van der Waals surface area contributed by atoms with Gasteiger partial charge in [0.25, 0.3) is 5.91 Å². The van der Waals surface area contributed by atoms with Crippen LogP contribution in [-0.2, 0) is 19.4 Å². The van der Waals surface area contributed by atoms with E-state index in [0.29, 0.717) is 17.5 Å². The Morgan fingerprint density at radius 3 is 2.73 bits per heavy atom. The molecule has 154 valence electrons. The van der Waals surface area contributed by atoms with Gasteiger partial charge in [0.05, 0.1) is 5.56 Å². The fourth-order valence-electron chi connectivity index (χ4n) is 4.16. The number of anilines is 1. The van der Waals surface area contributed by atoms with Gasteiger partial charge in [0.2, 0.25) is 0 Å². The summed E-state index contributed by atoms with van der Waals surface area (Å²) in [7, 11) is 0. The van der Waals surface area contributed by atoms with Crippen LogP contribution < -0.4 is 15.4 Å². The van der Waals surface area contributed by atoms with E-state index in [0.717, 1.165) is 46.7 Å². The van der Waals surface area contributed by atoms with Gasteiger partial charge in [-0.15, -0.1) is 11.3 Å². The van der Waals surface area contributed by atoms with Crippen molar-refractivity contribution in [2.75, 3.05) is 5.32 Å². The third-order valence-corrected chi connectivity index (χ3v) is 7.41. The van der Waals surface area contributed by atoms with E-state index in [1.165, 1.54) is 10.4 Å². The molecule has 3 aromatic rings. The Hall–Kier alpha value is -2.50. The number of carbonyl (C=O) groups excluding carboxylic acids is 1. The molecule has 4 nitrogen and oxygen atoms in total. The van der Waals surface area contributed by atoms with Gasteiger partial charge in [-0.1, -0.05) is 48.9 Å². The number of rotatable bonds is 4. The fraction of sp³-hybridized carbons (Fsp3) is 0.292. The zero-order valence-electron chi connectivity index (χ0n) is 16.7. The highest BCUT2D eigenvalue weighted by Gasteiger charge is 2.33. The molecule has 0 bridgehead atoms. The predicted octanol–water partition coefficient (Wildman–Crippen LogP) is 5.96. The smallest absolute Gasteiger partial charge is 0.256 e. The van der Waals surface area contributed by atoms with Crippen LogP contribution in [0.1, 0.15) is 51.4 Å². The van der Waals surface area contributed by atoms with Gasteiger partial charge in [-0.2, -0.15) is 0 Å². The van der Waals surface area contributed by atoms with Crippen LogP contribution >= 0.6 is 22.9 Å². The number of ether oxygens (including phenoxy) is 1. The standard InChI is InChI=1S/C24H23ClN2O2S/c1-14-6-11-18-20(12-14)30-24-21(18)23(28)26-22(27-24)15-7-9-17(10-8-15)29-13-16-4-2-3-5-19(16)25/h2-5,7-10,14,22,27H,6,11-13H2,1H3,(H,26,28). The van der Waals surface area contributed by atoms with E-state index in [9.17, 15) is 4.79 Å². The first-order valence-corrected chi connectivity index (χ1v) is 11.5. The quantitative estimate of drug-likeness (QED) is 0.528. The van der Waals surface area contributed by atoms with Gasteiger partial charge in [-0.05, 0) is 54.5 Å². The molecule has 0 radical (unpaired) electrons. The minimum atomic E-state index is -0.236. The molecule has 2 heterocycles. The summed E-state index contributed by atoms with van der Waals surface area (Å²) in [4.78, 5) is 14.2. The van der Waals surface area contributed by atoms with Gasteiger partial charge in [-0.25, -0.2) is 0 Å². The molecule has 2 unspecified atom stereocenters. The highest BCUT2D eigenvalue weighted by molar-refractivity contribution is 7.16. The van der Waals surface area contributed by atoms with Crippen LogP contribution in [0.4, 0.5) is 5.00 Å². The zero-order chi connectivity index (χ0) is 20.7. The van der Waals surface area contributed by atoms with Crippen LogP contribution in [0.5, 0.6) is 5.75 Å². The van der Waals surface area contributed by atoms with E-state index in [2.05, 4.69) is 17.6 Å². The van der Waals surface area contributed by atoms with E-state index in [1.54, 1.807) is 11.3 Å². The molecule has 2 N–H and O–H groups in total. The molecular formula is C24H23ClN2O2S. The summed E-state index contributed by atoms with van der Waals surface area (Å²) in [6.07, 6.45) is 2.99. The molecule has 2 aromatic carbocycles. The number of thiophene rings is 1. The molecule has 2 atom stereocenters. The molecule has 0 saturated carbocycles. The van der Waals surface area contributed by atoms with Crippen LogP contribution in [0.15, 0.2) is 48.5 Å². The van der Waals surface area contributed by atoms with Gasteiger partial charge >= 0.3 is 0 Å². The van der Waals surface area contributed by atoms with Gasteiger partial charge in [0.15, 0.2) is 0 Å². The second-order valence-corrected chi connectivity index (χ2v) is 9.57. The Labute approximate surface area is 185 Å². The molecule has 0 spiro atoms. The van der Waals surface area contributed by atoms with Crippen molar-refractivity contribution in [2.24, 2.45) is 5.92 Å². The Bertz CT molecular complexity index is 1090. The van der Waals surface area contributed by atoms with Gasteiger partial charge in [-0.3, -0.25) is 4.79 Å². The maximum Gasteiger partial charge on any atom is 0.256 e. The molecule has 1 amide bonds. The molecule has 6 heteroatoms. The Balaban J connectivity index is 1.30. The van der Waals surface area contributed by atoms with Crippen LogP contribution in [-0.4, -0.2) is 5.91 Å². The molecular weight excluding hydrogens is 416 g/mol. The molecule has 0 fully saturated rings. The van der Waals surface area contributed by atoms with Crippen molar-refractivity contribution in [2.45, 2.75) is 39.0 Å². The first kappa shape index (κ1) is 19.5. The third kappa shape index (κ3) is 3.68. The number of halogens is 1. The lowest BCUT2D eigenvalue weighted by Crippen LogP contribution is -2.38. The summed E-state index contributed by atoms with van der Waals surface area (Å²) < 4.78 is 5.87. The third-order valence-electron chi connectivity index (χ3n) is 5.86. The first-order valence-electron chi connectivity index (χ1n) is 10.3. The predicted molar refractivity (Wildman–Crippen MR) is 122 cm³/mol. The summed E-state index contributed by atoms with van der Waals surface area (Å²) in [5.41, 5.74) is 4.06. The number of hydrogen-bond donors (Lipinski definition) is 2. The van der Waals surface area contributed by atoms with Gasteiger partial charge < -0.3 is 15.4 Å². The summed E-state index contributed by atoms with van der Waals surface area (Å²) >= 11 is 7.94. The molecule has 30 heavy (non-hydrogen) atoms. The molecule has 1 aromatic heterocycles. The molecule has 2 aliphatic rings. The number of amides is 1. The van der Waals surface area contributed by atoms with Crippen molar-refractivity contribution in [3.8, 4) is 5.75 Å². The monoisotopic (exact) mass is 438 g/mol. The Kier molecular flexibility index (Phi) is 5.17. The molecule has 1 aliphatic heterocycles. The fourth-order valence-corrected chi connectivity index (χ4v) is 5.79. The number of hydrogen-bond acceptors (Lipinski definition) is 4. The van der Waals surface area contributed by atoms with Crippen molar-refractivity contribution in [3.05, 3.63) is 80.7 Å². The first-order chi connectivity index (χ1) is 14.6. The van der Waals surface area contributed by atoms with Crippen LogP contribution in [0.25, 0.3) is 0 Å². The largest absolute Gasteiger partial charge is 0.489 e. The van der Waals surface area contributed by atoms with Gasteiger partial charge in [0.1, 0.15) is 23.5 Å². The minimum Gasteiger partial charge on any atom is -0.489 e. The maximum atomic E-state index is 12.9. The number of carbonyl (C=O) groups is 1. The van der Waals surface area contributed by atoms with Crippen molar-refractivity contribution >= 4 is 33.8 Å². The normalized spacial score (nSPS) is 20.0. The van der Waals surface area contributed by atoms with Crippen molar-refractivity contribution < 1.29 is 9.53 Å². The second-order valence-electron chi connectivity index (χ2n) is 8.06.